The minimum atomic E-state index is -2.83. The van der Waals surface area contributed by atoms with E-state index in [4.69, 9.17) is 4.74 Å². The van der Waals surface area contributed by atoms with Crippen molar-refractivity contribution in [1.82, 2.24) is 9.47 Å². The van der Waals surface area contributed by atoms with Crippen LogP contribution in [0, 0.1) is 0 Å². The van der Waals surface area contributed by atoms with Gasteiger partial charge in [-0.15, -0.1) is 0 Å². The van der Waals surface area contributed by atoms with Gasteiger partial charge in [-0.3, -0.25) is 9.36 Å². The van der Waals surface area contributed by atoms with Crippen LogP contribution in [0.5, 0.6) is 0 Å². The van der Waals surface area contributed by atoms with E-state index in [1.807, 2.05) is 20.8 Å². The highest BCUT2D eigenvalue weighted by molar-refractivity contribution is 5.68. The summed E-state index contributed by atoms with van der Waals surface area (Å²) in [5, 5.41) is 0. The maximum absolute atomic E-state index is 12.6. The highest BCUT2D eigenvalue weighted by atomic mass is 19.3. The molecule has 1 amide bonds. The highest BCUT2D eigenvalue weighted by Gasteiger charge is 2.27. The maximum atomic E-state index is 12.6. The van der Waals surface area contributed by atoms with Gasteiger partial charge in [0.15, 0.2) is 0 Å². The monoisotopic (exact) mass is 328 g/mol. The van der Waals surface area contributed by atoms with E-state index in [0.717, 1.165) is 11.8 Å². The standard InChI is InChI=1S/C16H22F2N2O3/c1-16(2,3)23-15(22)19-7-4-11(5-8-19)12-6-9-20(14(17)18)13(21)10-12/h6,9-11,14H,4-5,7-8H2,1-3H3. The largest absolute Gasteiger partial charge is 0.444 e. The number of pyridine rings is 1. The summed E-state index contributed by atoms with van der Waals surface area (Å²) in [6.45, 7) is 3.67. The van der Waals surface area contributed by atoms with Gasteiger partial charge in [0.05, 0.1) is 0 Å². The van der Waals surface area contributed by atoms with Crippen LogP contribution in [0.4, 0.5) is 13.6 Å². The van der Waals surface area contributed by atoms with E-state index >= 15 is 0 Å². The van der Waals surface area contributed by atoms with Gasteiger partial charge in [-0.1, -0.05) is 0 Å². The number of ether oxygens (including phenoxy) is 1. The van der Waals surface area contributed by atoms with Gasteiger partial charge in [0.1, 0.15) is 5.60 Å². The van der Waals surface area contributed by atoms with Crippen molar-refractivity contribution in [2.24, 2.45) is 0 Å². The minimum Gasteiger partial charge on any atom is -0.444 e. The molecule has 23 heavy (non-hydrogen) atoms. The lowest BCUT2D eigenvalue weighted by molar-refractivity contribution is 0.0204. The summed E-state index contributed by atoms with van der Waals surface area (Å²) in [5.41, 5.74) is -0.490. The number of hydrogen-bond acceptors (Lipinski definition) is 3. The topological polar surface area (TPSA) is 51.5 Å². The molecule has 1 saturated heterocycles. The Kier molecular flexibility index (Phi) is 5.06. The third-order valence-corrected chi connectivity index (χ3v) is 3.80. The first kappa shape index (κ1) is 17.4. The molecule has 0 radical (unpaired) electrons. The molecule has 0 bridgehead atoms. The third-order valence-electron chi connectivity index (χ3n) is 3.80. The zero-order valence-electron chi connectivity index (χ0n) is 13.6. The predicted molar refractivity (Wildman–Crippen MR) is 81.7 cm³/mol. The molecule has 1 fully saturated rings. The zero-order valence-corrected chi connectivity index (χ0v) is 13.6. The van der Waals surface area contributed by atoms with Crippen molar-refractivity contribution >= 4 is 6.09 Å². The molecule has 0 N–H and O–H groups in total. The van der Waals surface area contributed by atoms with Gasteiger partial charge in [0.2, 0.25) is 0 Å². The van der Waals surface area contributed by atoms with Crippen LogP contribution in [0.3, 0.4) is 0 Å². The molecule has 0 spiro atoms. The Labute approximate surface area is 133 Å². The fourth-order valence-corrected chi connectivity index (χ4v) is 2.64. The molecule has 2 rings (SSSR count). The average Bonchev–Trinajstić information content (AvgIpc) is 2.45. The van der Waals surface area contributed by atoms with Crippen LogP contribution >= 0.6 is 0 Å². The maximum Gasteiger partial charge on any atom is 0.410 e. The second-order valence-corrected chi connectivity index (χ2v) is 6.72. The summed E-state index contributed by atoms with van der Waals surface area (Å²) in [6.07, 6.45) is 2.14. The zero-order chi connectivity index (χ0) is 17.2. The Morgan fingerprint density at radius 3 is 2.39 bits per heavy atom. The normalized spacial score (nSPS) is 16.7. The Balaban J connectivity index is 1.98. The van der Waals surface area contributed by atoms with Gasteiger partial charge in [-0.2, -0.15) is 8.78 Å². The molecule has 0 unspecified atom stereocenters. The van der Waals surface area contributed by atoms with Crippen LogP contribution in [0.2, 0.25) is 0 Å². The number of amides is 1. The second-order valence-electron chi connectivity index (χ2n) is 6.72. The summed E-state index contributed by atoms with van der Waals surface area (Å²) in [4.78, 5) is 25.3. The van der Waals surface area contributed by atoms with E-state index in [1.54, 1.807) is 11.0 Å². The van der Waals surface area contributed by atoms with Crippen molar-refractivity contribution in [1.29, 1.82) is 0 Å². The van der Waals surface area contributed by atoms with Gasteiger partial charge >= 0.3 is 12.6 Å². The lowest BCUT2D eigenvalue weighted by Crippen LogP contribution is -2.41. The molecule has 1 aromatic rings. The second kappa shape index (κ2) is 6.68. The van der Waals surface area contributed by atoms with Crippen LogP contribution in [0.15, 0.2) is 23.1 Å². The number of nitrogens with zero attached hydrogens (tertiary/aromatic N) is 2. The molecule has 0 atom stereocenters. The van der Waals surface area contributed by atoms with E-state index in [2.05, 4.69) is 0 Å². The lowest BCUT2D eigenvalue weighted by Gasteiger charge is -2.33. The molecule has 1 aromatic heterocycles. The summed E-state index contributed by atoms with van der Waals surface area (Å²) >= 11 is 0. The third kappa shape index (κ3) is 4.53. The molecule has 0 aromatic carbocycles. The number of aromatic nitrogens is 1. The summed E-state index contributed by atoms with van der Waals surface area (Å²) in [6, 6.07) is 2.82. The van der Waals surface area contributed by atoms with Crippen LogP contribution in [-0.4, -0.2) is 34.3 Å². The van der Waals surface area contributed by atoms with Crippen LogP contribution in [0.1, 0.15) is 51.6 Å². The molecular formula is C16H22F2N2O3. The first-order valence-electron chi connectivity index (χ1n) is 7.65. The molecule has 2 heterocycles. The summed E-state index contributed by atoms with van der Waals surface area (Å²) in [5.74, 6) is 0.0914. The van der Waals surface area contributed by atoms with Crippen LogP contribution in [-0.2, 0) is 4.74 Å². The number of rotatable bonds is 2. The number of hydrogen-bond donors (Lipinski definition) is 0. The Morgan fingerprint density at radius 1 is 1.30 bits per heavy atom. The Hall–Kier alpha value is -1.92. The van der Waals surface area contributed by atoms with E-state index in [-0.39, 0.29) is 12.0 Å². The predicted octanol–water partition coefficient (Wildman–Crippen LogP) is 3.36. The number of likely N-dealkylation sites (tertiary alicyclic amines) is 1. The molecule has 1 aliphatic rings. The number of halogens is 2. The molecule has 0 aliphatic carbocycles. The number of alkyl halides is 2. The van der Waals surface area contributed by atoms with Crippen LogP contribution in [0.25, 0.3) is 0 Å². The van der Waals surface area contributed by atoms with E-state index in [1.165, 1.54) is 6.07 Å². The van der Waals surface area contributed by atoms with Crippen molar-refractivity contribution < 1.29 is 18.3 Å². The fraction of sp³-hybridized carbons (Fsp3) is 0.625. The van der Waals surface area contributed by atoms with Gasteiger partial charge in [0.25, 0.3) is 5.56 Å². The SMILES string of the molecule is CC(C)(C)OC(=O)N1CCC(c2ccn(C(F)F)c(=O)c2)CC1. The fourth-order valence-electron chi connectivity index (χ4n) is 2.64. The number of carbonyl (C=O) groups is 1. The van der Waals surface area contributed by atoms with E-state index in [0.29, 0.717) is 30.5 Å². The van der Waals surface area contributed by atoms with Crippen LogP contribution < -0.4 is 5.56 Å². The Bertz CT molecular complexity index is 614. The summed E-state index contributed by atoms with van der Waals surface area (Å²) < 4.78 is 30.9. The smallest absolute Gasteiger partial charge is 0.410 e. The van der Waals surface area contributed by atoms with Crippen molar-refractivity contribution in [2.75, 3.05) is 13.1 Å². The molecule has 128 valence electrons. The van der Waals surface area contributed by atoms with E-state index in [9.17, 15) is 18.4 Å². The molecule has 7 heteroatoms. The molecular weight excluding hydrogens is 306 g/mol. The van der Waals surface area contributed by atoms with Gasteiger partial charge < -0.3 is 9.64 Å². The number of carbonyl (C=O) groups excluding carboxylic acids is 1. The van der Waals surface area contributed by atoms with Gasteiger partial charge in [-0.25, -0.2) is 4.79 Å². The molecule has 5 nitrogen and oxygen atoms in total. The summed E-state index contributed by atoms with van der Waals surface area (Å²) in [7, 11) is 0. The van der Waals surface area contributed by atoms with Gasteiger partial charge in [0, 0.05) is 25.4 Å². The quantitative estimate of drug-likeness (QED) is 0.836. The molecule has 1 aliphatic heterocycles. The molecule has 0 saturated carbocycles. The van der Waals surface area contributed by atoms with Crippen molar-refractivity contribution in [3.05, 3.63) is 34.2 Å². The van der Waals surface area contributed by atoms with Crippen molar-refractivity contribution in [3.8, 4) is 0 Å². The first-order chi connectivity index (χ1) is 10.7. The van der Waals surface area contributed by atoms with Gasteiger partial charge in [-0.05, 0) is 51.2 Å². The highest BCUT2D eigenvalue weighted by Crippen LogP contribution is 2.28. The van der Waals surface area contributed by atoms with Crippen molar-refractivity contribution in [3.63, 3.8) is 0 Å². The Morgan fingerprint density at radius 2 is 1.91 bits per heavy atom. The minimum absolute atomic E-state index is 0.0914. The first-order valence-corrected chi connectivity index (χ1v) is 7.65. The van der Waals surface area contributed by atoms with Crippen molar-refractivity contribution in [2.45, 2.75) is 51.7 Å². The van der Waals surface area contributed by atoms with E-state index < -0.39 is 17.7 Å². The average molecular weight is 328 g/mol. The number of piperidine rings is 1. The lowest BCUT2D eigenvalue weighted by atomic mass is 9.90.